The Morgan fingerprint density at radius 3 is 2.22 bits per heavy atom. The van der Waals surface area contributed by atoms with Crippen molar-refractivity contribution in [2.24, 2.45) is 0 Å². The van der Waals surface area contributed by atoms with Gasteiger partial charge in [-0.1, -0.05) is 46.9 Å². The number of benzene rings is 2. The molecule has 0 aliphatic rings. The highest BCUT2D eigenvalue weighted by molar-refractivity contribution is 6.43. The minimum Gasteiger partial charge on any atom is -0.347 e. The number of rotatable bonds is 4. The molecule has 2 N–H and O–H groups in total. The van der Waals surface area contributed by atoms with Crippen LogP contribution in [0, 0.1) is 0 Å². The van der Waals surface area contributed by atoms with Gasteiger partial charge in [0, 0.05) is 17.3 Å². The van der Waals surface area contributed by atoms with Gasteiger partial charge in [0.25, 0.3) is 0 Å². The van der Waals surface area contributed by atoms with Crippen molar-refractivity contribution in [1.82, 2.24) is 5.32 Å². The number of carbonyl (C=O) groups is 2. The van der Waals surface area contributed by atoms with Gasteiger partial charge < -0.3 is 10.6 Å². The van der Waals surface area contributed by atoms with Gasteiger partial charge in [-0.3, -0.25) is 9.59 Å². The van der Waals surface area contributed by atoms with Crippen molar-refractivity contribution in [3.05, 3.63) is 63.1 Å². The van der Waals surface area contributed by atoms with Gasteiger partial charge in [-0.15, -0.1) is 0 Å². The lowest BCUT2D eigenvalue weighted by Gasteiger charge is -2.07. The monoisotopic (exact) mass is 370 g/mol. The Bertz CT molecular complexity index is 718. The zero-order valence-electron chi connectivity index (χ0n) is 11.9. The first kappa shape index (κ1) is 17.6. The third-order valence-corrected chi connectivity index (χ3v) is 3.99. The van der Waals surface area contributed by atoms with E-state index in [-0.39, 0.29) is 0 Å². The van der Waals surface area contributed by atoms with E-state index in [9.17, 15) is 9.59 Å². The molecule has 0 fully saturated rings. The van der Waals surface area contributed by atoms with Crippen LogP contribution in [-0.4, -0.2) is 18.4 Å². The van der Waals surface area contributed by atoms with Crippen LogP contribution in [0.15, 0.2) is 42.5 Å². The minimum absolute atomic E-state index is 0.299. The Kier molecular flexibility index (Phi) is 6.28. The van der Waals surface area contributed by atoms with Gasteiger partial charge in [0.15, 0.2) is 0 Å². The van der Waals surface area contributed by atoms with E-state index in [1.54, 1.807) is 18.2 Å². The van der Waals surface area contributed by atoms with E-state index in [0.29, 0.717) is 33.7 Å². The first-order chi connectivity index (χ1) is 11.0. The summed E-state index contributed by atoms with van der Waals surface area (Å²) >= 11 is 17.4. The molecule has 0 heterocycles. The van der Waals surface area contributed by atoms with Crippen LogP contribution in [0.5, 0.6) is 0 Å². The maximum atomic E-state index is 11.8. The molecule has 2 aromatic rings. The zero-order chi connectivity index (χ0) is 16.8. The molecule has 4 nitrogen and oxygen atoms in total. The molecule has 2 aromatic carbocycles. The summed E-state index contributed by atoms with van der Waals surface area (Å²) < 4.78 is 0. The summed E-state index contributed by atoms with van der Waals surface area (Å²) in [6.07, 6.45) is 0.600. The largest absolute Gasteiger partial charge is 0.347 e. The lowest BCUT2D eigenvalue weighted by molar-refractivity contribution is -0.136. The van der Waals surface area contributed by atoms with E-state index in [4.69, 9.17) is 34.8 Å². The fourth-order valence-electron chi connectivity index (χ4n) is 1.81. The van der Waals surface area contributed by atoms with E-state index in [1.807, 2.05) is 12.1 Å². The van der Waals surface area contributed by atoms with E-state index >= 15 is 0 Å². The van der Waals surface area contributed by atoms with Gasteiger partial charge in [-0.05, 0) is 42.3 Å². The fraction of sp³-hybridized carbons (Fsp3) is 0.125. The van der Waals surface area contributed by atoms with Crippen LogP contribution in [-0.2, 0) is 16.0 Å². The molecule has 2 rings (SSSR count). The second kappa shape index (κ2) is 8.20. The molecule has 0 radical (unpaired) electrons. The van der Waals surface area contributed by atoms with Crippen LogP contribution in [0.4, 0.5) is 5.69 Å². The van der Waals surface area contributed by atoms with Crippen molar-refractivity contribution >= 4 is 52.3 Å². The average Bonchev–Trinajstić information content (AvgIpc) is 2.52. The number of hydrogen-bond donors (Lipinski definition) is 2. The lowest BCUT2D eigenvalue weighted by atomic mass is 10.1. The third-order valence-electron chi connectivity index (χ3n) is 3.00. The van der Waals surface area contributed by atoms with Gasteiger partial charge in [-0.25, -0.2) is 0 Å². The molecule has 0 atom stereocenters. The maximum Gasteiger partial charge on any atom is 0.313 e. The molecule has 7 heteroatoms. The smallest absolute Gasteiger partial charge is 0.313 e. The minimum atomic E-state index is -0.764. The lowest BCUT2D eigenvalue weighted by Crippen LogP contribution is -2.36. The topological polar surface area (TPSA) is 58.2 Å². The van der Waals surface area contributed by atoms with Gasteiger partial charge in [0.1, 0.15) is 0 Å². The number of hydrogen-bond acceptors (Lipinski definition) is 2. The van der Waals surface area contributed by atoms with E-state index in [1.165, 1.54) is 12.1 Å². The van der Waals surface area contributed by atoms with Crippen LogP contribution in [0.25, 0.3) is 0 Å². The molecule has 0 aliphatic carbocycles. The van der Waals surface area contributed by atoms with Crippen molar-refractivity contribution in [2.75, 3.05) is 11.9 Å². The Hall–Kier alpha value is -1.75. The summed E-state index contributed by atoms with van der Waals surface area (Å²) in [6.45, 7) is 0.343. The van der Waals surface area contributed by atoms with E-state index < -0.39 is 11.8 Å². The first-order valence-electron chi connectivity index (χ1n) is 6.74. The van der Waals surface area contributed by atoms with Crippen molar-refractivity contribution in [2.45, 2.75) is 6.42 Å². The molecule has 0 unspecified atom stereocenters. The highest BCUT2D eigenvalue weighted by atomic mass is 35.5. The normalized spacial score (nSPS) is 10.2. The zero-order valence-corrected chi connectivity index (χ0v) is 14.2. The molecule has 2 amide bonds. The van der Waals surface area contributed by atoms with Gasteiger partial charge in [0.05, 0.1) is 10.0 Å². The molecule has 0 spiro atoms. The highest BCUT2D eigenvalue weighted by Crippen LogP contribution is 2.24. The summed E-state index contributed by atoms with van der Waals surface area (Å²) in [5.41, 5.74) is 1.41. The van der Waals surface area contributed by atoms with Gasteiger partial charge >= 0.3 is 11.8 Å². The molecule has 0 bridgehead atoms. The summed E-state index contributed by atoms with van der Waals surface area (Å²) in [5.74, 6) is -1.48. The molecule has 0 aliphatic heterocycles. The van der Waals surface area contributed by atoms with Gasteiger partial charge in [-0.2, -0.15) is 0 Å². The van der Waals surface area contributed by atoms with Gasteiger partial charge in [0.2, 0.25) is 0 Å². The van der Waals surface area contributed by atoms with E-state index in [0.717, 1.165) is 5.56 Å². The van der Waals surface area contributed by atoms with Crippen LogP contribution in [0.3, 0.4) is 0 Å². The second-order valence-electron chi connectivity index (χ2n) is 4.72. The maximum absolute atomic E-state index is 11.8. The molecule has 120 valence electrons. The standard InChI is InChI=1S/C16H13Cl3N2O2/c17-11-3-1-10(2-4-11)7-8-20-15(22)16(23)21-12-5-6-13(18)14(19)9-12/h1-6,9H,7-8H2,(H,20,22)(H,21,23). The molecule has 23 heavy (non-hydrogen) atoms. The molecule has 0 saturated heterocycles. The Balaban J connectivity index is 1.81. The average molecular weight is 372 g/mol. The Labute approximate surface area is 148 Å². The van der Waals surface area contributed by atoms with Crippen molar-refractivity contribution in [1.29, 1.82) is 0 Å². The number of nitrogens with one attached hydrogen (secondary N) is 2. The number of anilines is 1. The van der Waals surface area contributed by atoms with Crippen molar-refractivity contribution in [3.63, 3.8) is 0 Å². The summed E-state index contributed by atoms with van der Waals surface area (Å²) in [4.78, 5) is 23.5. The molecule has 0 aromatic heterocycles. The van der Waals surface area contributed by atoms with Crippen LogP contribution < -0.4 is 10.6 Å². The van der Waals surface area contributed by atoms with Crippen LogP contribution >= 0.6 is 34.8 Å². The third kappa shape index (κ3) is 5.43. The predicted molar refractivity (Wildman–Crippen MR) is 93.3 cm³/mol. The van der Waals surface area contributed by atoms with Crippen LogP contribution in [0.2, 0.25) is 15.1 Å². The highest BCUT2D eigenvalue weighted by Gasteiger charge is 2.13. The molecular weight excluding hydrogens is 359 g/mol. The van der Waals surface area contributed by atoms with Crippen molar-refractivity contribution < 1.29 is 9.59 Å². The van der Waals surface area contributed by atoms with Crippen LogP contribution in [0.1, 0.15) is 5.56 Å². The summed E-state index contributed by atoms with van der Waals surface area (Å²) in [5, 5.41) is 6.33. The SMILES string of the molecule is O=C(NCCc1ccc(Cl)cc1)C(=O)Nc1ccc(Cl)c(Cl)c1. The molecular formula is C16H13Cl3N2O2. The first-order valence-corrected chi connectivity index (χ1v) is 7.88. The number of amides is 2. The second-order valence-corrected chi connectivity index (χ2v) is 5.97. The van der Waals surface area contributed by atoms with Crippen molar-refractivity contribution in [3.8, 4) is 0 Å². The fourth-order valence-corrected chi connectivity index (χ4v) is 2.24. The summed E-state index contributed by atoms with van der Waals surface area (Å²) in [7, 11) is 0. The number of carbonyl (C=O) groups excluding carboxylic acids is 2. The Morgan fingerprint density at radius 1 is 0.870 bits per heavy atom. The molecule has 0 saturated carbocycles. The quantitative estimate of drug-likeness (QED) is 0.800. The Morgan fingerprint density at radius 2 is 1.57 bits per heavy atom. The number of halogens is 3. The predicted octanol–water partition coefficient (Wildman–Crippen LogP) is 3.94. The summed E-state index contributed by atoms with van der Waals surface area (Å²) in [6, 6.07) is 11.9. The van der Waals surface area contributed by atoms with E-state index in [2.05, 4.69) is 10.6 Å².